The summed E-state index contributed by atoms with van der Waals surface area (Å²) in [5.41, 5.74) is 6.31. The summed E-state index contributed by atoms with van der Waals surface area (Å²) in [7, 11) is 0. The molecule has 2 rings (SSSR count). The minimum absolute atomic E-state index is 0.138. The average Bonchev–Trinajstić information content (AvgIpc) is 2.73. The lowest BCUT2D eigenvalue weighted by atomic mass is 9.86. The standard InChI is InChI=1S/C15H22N2O/c1-11-7-6-10-15(11,14(16)18)17-12(2)13-8-4-3-5-9-13/h3-5,8-9,11-12,17H,6-7,10H2,1-2H3,(H2,16,18)/t11-,12-,15-/m1/s1. The Hall–Kier alpha value is -1.35. The van der Waals surface area contributed by atoms with E-state index >= 15 is 0 Å². The Bertz CT molecular complexity index is 418. The molecule has 0 aromatic heterocycles. The summed E-state index contributed by atoms with van der Waals surface area (Å²) in [6.45, 7) is 4.20. The van der Waals surface area contributed by atoms with Crippen LogP contribution in [0.25, 0.3) is 0 Å². The van der Waals surface area contributed by atoms with Crippen LogP contribution in [0.4, 0.5) is 0 Å². The smallest absolute Gasteiger partial charge is 0.238 e. The molecule has 0 radical (unpaired) electrons. The second kappa shape index (κ2) is 5.11. The van der Waals surface area contributed by atoms with Crippen LogP contribution in [-0.4, -0.2) is 11.4 Å². The highest BCUT2D eigenvalue weighted by atomic mass is 16.1. The van der Waals surface area contributed by atoms with Gasteiger partial charge in [-0.3, -0.25) is 10.1 Å². The first-order chi connectivity index (χ1) is 8.56. The van der Waals surface area contributed by atoms with Gasteiger partial charge in [0, 0.05) is 6.04 Å². The van der Waals surface area contributed by atoms with Crippen molar-refractivity contribution in [1.29, 1.82) is 0 Å². The lowest BCUT2D eigenvalue weighted by Crippen LogP contribution is -2.57. The first-order valence-corrected chi connectivity index (χ1v) is 6.69. The van der Waals surface area contributed by atoms with Gasteiger partial charge in [-0.25, -0.2) is 0 Å². The van der Waals surface area contributed by atoms with E-state index in [4.69, 9.17) is 5.73 Å². The third kappa shape index (κ3) is 2.27. The van der Waals surface area contributed by atoms with Crippen LogP contribution >= 0.6 is 0 Å². The van der Waals surface area contributed by atoms with Crippen molar-refractivity contribution >= 4 is 5.91 Å². The van der Waals surface area contributed by atoms with Crippen LogP contribution in [0, 0.1) is 5.92 Å². The fourth-order valence-corrected chi connectivity index (χ4v) is 3.04. The molecule has 1 aromatic rings. The molecule has 98 valence electrons. The zero-order valence-corrected chi connectivity index (χ0v) is 11.1. The first-order valence-electron chi connectivity index (χ1n) is 6.69. The van der Waals surface area contributed by atoms with E-state index in [0.717, 1.165) is 19.3 Å². The van der Waals surface area contributed by atoms with Gasteiger partial charge in [0.2, 0.25) is 5.91 Å². The Morgan fingerprint density at radius 1 is 1.44 bits per heavy atom. The number of primary amides is 1. The molecule has 3 nitrogen and oxygen atoms in total. The van der Waals surface area contributed by atoms with Gasteiger partial charge in [-0.1, -0.05) is 43.7 Å². The minimum Gasteiger partial charge on any atom is -0.368 e. The van der Waals surface area contributed by atoms with Crippen molar-refractivity contribution in [2.45, 2.75) is 44.7 Å². The lowest BCUT2D eigenvalue weighted by molar-refractivity contribution is -0.126. The number of rotatable bonds is 4. The third-order valence-electron chi connectivity index (χ3n) is 4.26. The topological polar surface area (TPSA) is 55.1 Å². The number of carbonyl (C=O) groups excluding carboxylic acids is 1. The molecule has 0 aliphatic heterocycles. The van der Waals surface area contributed by atoms with Gasteiger partial charge in [-0.15, -0.1) is 0 Å². The van der Waals surface area contributed by atoms with Crippen molar-refractivity contribution in [3.63, 3.8) is 0 Å². The molecule has 1 aromatic carbocycles. The fourth-order valence-electron chi connectivity index (χ4n) is 3.04. The molecule has 0 saturated heterocycles. The van der Waals surface area contributed by atoms with E-state index in [1.165, 1.54) is 5.56 Å². The second-order valence-corrected chi connectivity index (χ2v) is 5.41. The summed E-state index contributed by atoms with van der Waals surface area (Å²) in [4.78, 5) is 11.9. The van der Waals surface area contributed by atoms with Crippen LogP contribution in [-0.2, 0) is 4.79 Å². The summed E-state index contributed by atoms with van der Waals surface area (Å²) >= 11 is 0. The van der Waals surface area contributed by atoms with Gasteiger partial charge in [0.15, 0.2) is 0 Å². The van der Waals surface area contributed by atoms with Crippen molar-refractivity contribution in [2.24, 2.45) is 11.7 Å². The number of nitrogens with one attached hydrogen (secondary N) is 1. The van der Waals surface area contributed by atoms with Gasteiger partial charge in [0.05, 0.1) is 0 Å². The van der Waals surface area contributed by atoms with Crippen LogP contribution in [0.3, 0.4) is 0 Å². The zero-order chi connectivity index (χ0) is 13.2. The molecule has 3 atom stereocenters. The van der Waals surface area contributed by atoms with E-state index in [1.54, 1.807) is 0 Å². The molecule has 0 unspecified atom stereocenters. The van der Waals surface area contributed by atoms with Crippen molar-refractivity contribution in [1.82, 2.24) is 5.32 Å². The maximum absolute atomic E-state index is 11.9. The lowest BCUT2D eigenvalue weighted by Gasteiger charge is -2.35. The molecule has 0 heterocycles. The van der Waals surface area contributed by atoms with Gasteiger partial charge in [-0.05, 0) is 31.2 Å². The summed E-state index contributed by atoms with van der Waals surface area (Å²) in [5.74, 6) is 0.0939. The van der Waals surface area contributed by atoms with Crippen molar-refractivity contribution in [2.75, 3.05) is 0 Å². The monoisotopic (exact) mass is 246 g/mol. The Balaban J connectivity index is 2.18. The summed E-state index contributed by atoms with van der Waals surface area (Å²) in [6.07, 6.45) is 2.98. The molecular weight excluding hydrogens is 224 g/mol. The van der Waals surface area contributed by atoms with Crippen LogP contribution in [0.5, 0.6) is 0 Å². The van der Waals surface area contributed by atoms with Crippen LogP contribution in [0.2, 0.25) is 0 Å². The number of hydrogen-bond donors (Lipinski definition) is 2. The minimum atomic E-state index is -0.532. The third-order valence-corrected chi connectivity index (χ3v) is 4.26. The number of carbonyl (C=O) groups is 1. The van der Waals surface area contributed by atoms with Gasteiger partial charge >= 0.3 is 0 Å². The Labute approximate surface area is 109 Å². The molecule has 0 spiro atoms. The van der Waals surface area contributed by atoms with E-state index in [2.05, 4.69) is 31.3 Å². The zero-order valence-electron chi connectivity index (χ0n) is 11.1. The maximum atomic E-state index is 11.9. The number of amides is 1. The molecule has 18 heavy (non-hydrogen) atoms. The summed E-state index contributed by atoms with van der Waals surface area (Å²) in [6, 6.07) is 10.3. The van der Waals surface area contributed by atoms with Crippen molar-refractivity contribution in [3.8, 4) is 0 Å². The van der Waals surface area contributed by atoms with Crippen LogP contribution < -0.4 is 11.1 Å². The number of hydrogen-bond acceptors (Lipinski definition) is 2. The molecule has 1 fully saturated rings. The van der Waals surface area contributed by atoms with E-state index in [1.807, 2.05) is 18.2 Å². The van der Waals surface area contributed by atoms with E-state index < -0.39 is 5.54 Å². The molecule has 0 bridgehead atoms. The quantitative estimate of drug-likeness (QED) is 0.857. The number of nitrogens with two attached hydrogens (primary N) is 1. The largest absolute Gasteiger partial charge is 0.368 e. The Morgan fingerprint density at radius 2 is 2.11 bits per heavy atom. The summed E-state index contributed by atoms with van der Waals surface area (Å²) in [5, 5.41) is 3.48. The average molecular weight is 246 g/mol. The highest BCUT2D eigenvalue weighted by Crippen LogP contribution is 2.37. The van der Waals surface area contributed by atoms with Gasteiger partial charge in [0.25, 0.3) is 0 Å². The molecule has 1 aliphatic rings. The molecule has 3 N–H and O–H groups in total. The highest BCUT2D eigenvalue weighted by Gasteiger charge is 2.45. The van der Waals surface area contributed by atoms with E-state index in [0.29, 0.717) is 5.92 Å². The van der Waals surface area contributed by atoms with Crippen LogP contribution in [0.1, 0.15) is 44.7 Å². The van der Waals surface area contributed by atoms with Crippen molar-refractivity contribution in [3.05, 3.63) is 35.9 Å². The highest BCUT2D eigenvalue weighted by molar-refractivity contribution is 5.85. The molecule has 1 aliphatic carbocycles. The van der Waals surface area contributed by atoms with E-state index in [-0.39, 0.29) is 11.9 Å². The van der Waals surface area contributed by atoms with E-state index in [9.17, 15) is 4.79 Å². The van der Waals surface area contributed by atoms with Gasteiger partial charge in [0.1, 0.15) is 5.54 Å². The van der Waals surface area contributed by atoms with Gasteiger partial charge < -0.3 is 5.73 Å². The maximum Gasteiger partial charge on any atom is 0.238 e. The first kappa shape index (κ1) is 13.1. The fraction of sp³-hybridized carbons (Fsp3) is 0.533. The SMILES string of the molecule is C[C@@H]1CCC[C@]1(N[C@H](C)c1ccccc1)C(N)=O. The summed E-state index contributed by atoms with van der Waals surface area (Å²) < 4.78 is 0. The molecule has 3 heteroatoms. The second-order valence-electron chi connectivity index (χ2n) is 5.41. The van der Waals surface area contributed by atoms with Gasteiger partial charge in [-0.2, -0.15) is 0 Å². The number of benzene rings is 1. The van der Waals surface area contributed by atoms with Crippen molar-refractivity contribution < 1.29 is 4.79 Å². The Morgan fingerprint density at radius 3 is 2.61 bits per heavy atom. The van der Waals surface area contributed by atoms with Crippen LogP contribution in [0.15, 0.2) is 30.3 Å². The molecular formula is C15H22N2O. The predicted molar refractivity (Wildman–Crippen MR) is 72.9 cm³/mol. The normalized spacial score (nSPS) is 29.1. The molecule has 1 saturated carbocycles. The Kier molecular flexibility index (Phi) is 3.71. The predicted octanol–water partition coefficient (Wildman–Crippen LogP) is 2.38. The molecule has 1 amide bonds.